The number of hydrogen-bond acceptors (Lipinski definition) is 2. The number of hydroxylamine groups is 3. The van der Waals surface area contributed by atoms with Gasteiger partial charge in [0, 0.05) is 6.42 Å². The molecule has 0 amide bonds. The molecule has 1 aliphatic rings. The van der Waals surface area contributed by atoms with Crippen LogP contribution in [0, 0.1) is 0 Å². The standard InChI is InChI=1S/C10H22NO2/c1-4-6-10-9-13-8-7-11(10,5-2)12-3/h10H,4-9H2,1-3H3/q+1. The Bertz CT molecular complexity index is 144. The van der Waals surface area contributed by atoms with E-state index < -0.39 is 0 Å². The van der Waals surface area contributed by atoms with Crippen molar-refractivity contribution in [3.05, 3.63) is 0 Å². The van der Waals surface area contributed by atoms with E-state index in [-0.39, 0.29) is 0 Å². The summed E-state index contributed by atoms with van der Waals surface area (Å²) in [5, 5.41) is 0. The maximum atomic E-state index is 5.65. The molecule has 78 valence electrons. The molecule has 1 heterocycles. The van der Waals surface area contributed by atoms with Gasteiger partial charge in [-0.05, 0) is 6.92 Å². The van der Waals surface area contributed by atoms with E-state index in [2.05, 4.69) is 13.8 Å². The van der Waals surface area contributed by atoms with E-state index in [9.17, 15) is 0 Å². The lowest BCUT2D eigenvalue weighted by Crippen LogP contribution is -2.60. The van der Waals surface area contributed by atoms with Crippen molar-refractivity contribution < 1.29 is 14.2 Å². The van der Waals surface area contributed by atoms with Gasteiger partial charge in [-0.3, -0.25) is 0 Å². The second kappa shape index (κ2) is 4.94. The highest BCUT2D eigenvalue weighted by molar-refractivity contribution is 4.60. The molecule has 0 spiro atoms. The fourth-order valence-corrected chi connectivity index (χ4v) is 2.19. The van der Waals surface area contributed by atoms with Crippen LogP contribution in [0.5, 0.6) is 0 Å². The van der Waals surface area contributed by atoms with Gasteiger partial charge in [0.2, 0.25) is 0 Å². The second-order valence-corrected chi connectivity index (χ2v) is 3.69. The summed E-state index contributed by atoms with van der Waals surface area (Å²) in [6.45, 7) is 8.14. The van der Waals surface area contributed by atoms with E-state index in [0.29, 0.717) is 6.04 Å². The highest BCUT2D eigenvalue weighted by atomic mass is 16.7. The van der Waals surface area contributed by atoms with E-state index in [1.807, 2.05) is 7.11 Å². The van der Waals surface area contributed by atoms with Crippen LogP contribution in [0.2, 0.25) is 0 Å². The number of rotatable bonds is 4. The van der Waals surface area contributed by atoms with E-state index in [0.717, 1.165) is 30.9 Å². The van der Waals surface area contributed by atoms with Crippen LogP contribution in [0.4, 0.5) is 0 Å². The van der Waals surface area contributed by atoms with Gasteiger partial charge in [-0.2, -0.15) is 4.65 Å². The number of nitrogens with zero attached hydrogens (tertiary/aromatic N) is 1. The Kier molecular flexibility index (Phi) is 4.16. The second-order valence-electron chi connectivity index (χ2n) is 3.69. The van der Waals surface area contributed by atoms with Crippen molar-refractivity contribution in [2.24, 2.45) is 0 Å². The molecule has 0 saturated carbocycles. The Morgan fingerprint density at radius 1 is 1.46 bits per heavy atom. The molecule has 3 heteroatoms. The topological polar surface area (TPSA) is 18.5 Å². The van der Waals surface area contributed by atoms with Crippen molar-refractivity contribution in [1.82, 2.24) is 0 Å². The molecule has 0 aliphatic carbocycles. The van der Waals surface area contributed by atoms with Crippen molar-refractivity contribution in [1.29, 1.82) is 0 Å². The molecular formula is C10H22NO2+. The normalized spacial score (nSPS) is 34.8. The first kappa shape index (κ1) is 11.0. The Morgan fingerprint density at radius 3 is 2.77 bits per heavy atom. The minimum atomic E-state index is 0.536. The van der Waals surface area contributed by atoms with Crippen LogP contribution < -0.4 is 0 Å². The summed E-state index contributed by atoms with van der Waals surface area (Å²) in [5.74, 6) is 0. The Balaban J connectivity index is 2.63. The van der Waals surface area contributed by atoms with Crippen LogP contribution >= 0.6 is 0 Å². The first-order valence-corrected chi connectivity index (χ1v) is 5.29. The molecule has 1 rings (SSSR count). The quantitative estimate of drug-likeness (QED) is 0.624. The predicted octanol–water partition coefficient (Wildman–Crippen LogP) is 1.58. The van der Waals surface area contributed by atoms with Gasteiger partial charge in [-0.1, -0.05) is 13.3 Å². The van der Waals surface area contributed by atoms with Gasteiger partial charge in [0.05, 0.1) is 13.7 Å². The molecule has 2 atom stereocenters. The van der Waals surface area contributed by atoms with Crippen molar-refractivity contribution in [3.8, 4) is 0 Å². The van der Waals surface area contributed by atoms with Gasteiger partial charge >= 0.3 is 0 Å². The third-order valence-corrected chi connectivity index (χ3v) is 3.11. The molecule has 0 N–H and O–H groups in total. The molecular weight excluding hydrogens is 166 g/mol. The Morgan fingerprint density at radius 2 is 2.23 bits per heavy atom. The zero-order chi connectivity index (χ0) is 9.73. The smallest absolute Gasteiger partial charge is 0.142 e. The number of hydrogen-bond donors (Lipinski definition) is 0. The summed E-state index contributed by atoms with van der Waals surface area (Å²) in [6, 6.07) is 0.536. The number of likely N-dealkylation sites (N-methyl/N-ethyl adjacent to an activating group) is 1. The van der Waals surface area contributed by atoms with Crippen molar-refractivity contribution in [2.45, 2.75) is 32.7 Å². The molecule has 1 aliphatic heterocycles. The molecule has 0 aromatic heterocycles. The Labute approximate surface area is 81.2 Å². The van der Waals surface area contributed by atoms with Crippen molar-refractivity contribution in [3.63, 3.8) is 0 Å². The summed E-state index contributed by atoms with van der Waals surface area (Å²) < 4.78 is 6.28. The third-order valence-electron chi connectivity index (χ3n) is 3.11. The van der Waals surface area contributed by atoms with E-state index in [1.54, 1.807) is 0 Å². The average Bonchev–Trinajstić information content (AvgIpc) is 2.20. The van der Waals surface area contributed by atoms with Crippen molar-refractivity contribution >= 4 is 0 Å². The first-order valence-electron chi connectivity index (χ1n) is 5.29. The monoisotopic (exact) mass is 188 g/mol. The number of morpholine rings is 1. The molecule has 0 aromatic carbocycles. The largest absolute Gasteiger partial charge is 0.369 e. The van der Waals surface area contributed by atoms with E-state index in [4.69, 9.17) is 9.57 Å². The molecule has 2 unspecified atom stereocenters. The van der Waals surface area contributed by atoms with Crippen LogP contribution in [0.25, 0.3) is 0 Å². The lowest BCUT2D eigenvalue weighted by atomic mass is 10.1. The number of quaternary nitrogens is 1. The molecule has 0 aromatic rings. The molecule has 0 radical (unpaired) electrons. The van der Waals surface area contributed by atoms with Gasteiger partial charge in [0.1, 0.15) is 25.7 Å². The number of ether oxygens (including phenoxy) is 1. The summed E-state index contributed by atoms with van der Waals surface area (Å²) in [4.78, 5) is 5.65. The van der Waals surface area contributed by atoms with Crippen LogP contribution in [0.1, 0.15) is 26.7 Å². The fraction of sp³-hybridized carbons (Fsp3) is 1.00. The lowest BCUT2D eigenvalue weighted by Gasteiger charge is -2.42. The third kappa shape index (κ3) is 2.22. The van der Waals surface area contributed by atoms with Gasteiger partial charge in [0.25, 0.3) is 0 Å². The average molecular weight is 188 g/mol. The van der Waals surface area contributed by atoms with Crippen LogP contribution in [0.15, 0.2) is 0 Å². The van der Waals surface area contributed by atoms with Gasteiger partial charge in [-0.15, -0.1) is 0 Å². The predicted molar refractivity (Wildman–Crippen MR) is 52.2 cm³/mol. The first-order chi connectivity index (χ1) is 6.29. The van der Waals surface area contributed by atoms with E-state index >= 15 is 0 Å². The summed E-state index contributed by atoms with van der Waals surface area (Å²) in [6.07, 6.45) is 2.40. The minimum Gasteiger partial charge on any atom is -0.369 e. The molecule has 1 saturated heterocycles. The minimum absolute atomic E-state index is 0.536. The van der Waals surface area contributed by atoms with Gasteiger partial charge < -0.3 is 4.74 Å². The molecule has 3 nitrogen and oxygen atoms in total. The molecule has 13 heavy (non-hydrogen) atoms. The van der Waals surface area contributed by atoms with Crippen molar-refractivity contribution in [2.75, 3.05) is 33.4 Å². The lowest BCUT2D eigenvalue weighted by molar-refractivity contribution is -1.12. The zero-order valence-electron chi connectivity index (χ0n) is 9.08. The molecule has 0 bridgehead atoms. The summed E-state index contributed by atoms with van der Waals surface area (Å²) >= 11 is 0. The summed E-state index contributed by atoms with van der Waals surface area (Å²) in [5.41, 5.74) is 0. The van der Waals surface area contributed by atoms with Crippen LogP contribution in [-0.2, 0) is 9.57 Å². The summed E-state index contributed by atoms with van der Waals surface area (Å²) in [7, 11) is 1.82. The van der Waals surface area contributed by atoms with Crippen LogP contribution in [0.3, 0.4) is 0 Å². The maximum absolute atomic E-state index is 5.65. The Hall–Kier alpha value is -0.120. The van der Waals surface area contributed by atoms with Gasteiger partial charge in [0.15, 0.2) is 0 Å². The highest BCUT2D eigenvalue weighted by Crippen LogP contribution is 2.22. The zero-order valence-corrected chi connectivity index (χ0v) is 9.08. The van der Waals surface area contributed by atoms with Crippen LogP contribution in [-0.4, -0.2) is 44.1 Å². The highest BCUT2D eigenvalue weighted by Gasteiger charge is 2.39. The fourth-order valence-electron chi connectivity index (χ4n) is 2.19. The molecule has 1 fully saturated rings. The SMILES string of the molecule is CCCC1COCC[N+]1(CC)OC. The maximum Gasteiger partial charge on any atom is 0.142 e. The van der Waals surface area contributed by atoms with Gasteiger partial charge in [-0.25, -0.2) is 4.84 Å². The van der Waals surface area contributed by atoms with E-state index in [1.165, 1.54) is 12.8 Å².